The first kappa shape index (κ1) is 8.87. The molecule has 0 aliphatic heterocycles. The van der Waals surface area contributed by atoms with E-state index in [1.54, 1.807) is 0 Å². The van der Waals surface area contributed by atoms with Crippen molar-refractivity contribution in [2.24, 2.45) is 0 Å². The Bertz CT molecular complexity index is 516. The van der Waals surface area contributed by atoms with E-state index in [4.69, 9.17) is 0 Å². The Balaban J connectivity index is 2.76. The van der Waals surface area contributed by atoms with Crippen LogP contribution < -0.4 is 0 Å². The number of hydrogen-bond acceptors (Lipinski definition) is 1. The van der Waals surface area contributed by atoms with E-state index < -0.39 is 11.6 Å². The van der Waals surface area contributed by atoms with Crippen LogP contribution in [-0.4, -0.2) is 10.8 Å². The molecule has 4 heteroatoms. The number of hydrogen-bond donors (Lipinski definition) is 1. The summed E-state index contributed by atoms with van der Waals surface area (Å²) in [6.07, 6.45) is 0. The van der Waals surface area contributed by atoms with Crippen molar-refractivity contribution in [2.75, 3.05) is 0 Å². The van der Waals surface area contributed by atoms with Crippen LogP contribution in [0, 0.1) is 11.6 Å². The van der Waals surface area contributed by atoms with Crippen LogP contribution in [-0.2, 0) is 0 Å². The minimum Gasteiger partial charge on any atom is -0.350 e. The molecular weight excluding hydrogens is 188 g/mol. The Morgan fingerprint density at radius 2 is 2.00 bits per heavy atom. The fourth-order valence-electron chi connectivity index (χ4n) is 1.36. The van der Waals surface area contributed by atoms with Gasteiger partial charge >= 0.3 is 0 Å². The van der Waals surface area contributed by atoms with Crippen LogP contribution in [0.1, 0.15) is 17.4 Å². The highest BCUT2D eigenvalue weighted by Crippen LogP contribution is 2.20. The summed E-state index contributed by atoms with van der Waals surface area (Å²) >= 11 is 0. The van der Waals surface area contributed by atoms with E-state index in [0.717, 1.165) is 6.07 Å². The molecule has 0 aliphatic rings. The summed E-state index contributed by atoms with van der Waals surface area (Å²) in [4.78, 5) is 13.6. The van der Waals surface area contributed by atoms with E-state index in [1.807, 2.05) is 0 Å². The van der Waals surface area contributed by atoms with E-state index in [0.29, 0.717) is 5.39 Å². The van der Waals surface area contributed by atoms with E-state index in [9.17, 15) is 13.6 Å². The molecule has 0 atom stereocenters. The summed E-state index contributed by atoms with van der Waals surface area (Å²) < 4.78 is 25.9. The zero-order chi connectivity index (χ0) is 10.3. The average molecular weight is 195 g/mol. The number of Topliss-reactive ketones (excluding diaryl/α,β-unsaturated/α-hetero) is 1. The lowest BCUT2D eigenvalue weighted by atomic mass is 10.2. The highest BCUT2D eigenvalue weighted by atomic mass is 19.1. The third-order valence-corrected chi connectivity index (χ3v) is 2.02. The number of ketones is 1. The third kappa shape index (κ3) is 1.28. The van der Waals surface area contributed by atoms with Gasteiger partial charge in [0.05, 0.1) is 11.2 Å². The Kier molecular flexibility index (Phi) is 1.84. The minimum atomic E-state index is -0.687. The third-order valence-electron chi connectivity index (χ3n) is 2.02. The maximum atomic E-state index is 13.1. The van der Waals surface area contributed by atoms with Crippen LogP contribution in [0.2, 0.25) is 0 Å². The average Bonchev–Trinajstić information content (AvgIpc) is 2.47. The van der Waals surface area contributed by atoms with Crippen molar-refractivity contribution in [3.63, 3.8) is 0 Å². The summed E-state index contributed by atoms with van der Waals surface area (Å²) in [5.41, 5.74) is 0.445. The molecule has 2 nitrogen and oxygen atoms in total. The van der Waals surface area contributed by atoms with Gasteiger partial charge in [-0.1, -0.05) is 0 Å². The molecule has 72 valence electrons. The summed E-state index contributed by atoms with van der Waals surface area (Å²) in [6, 6.07) is 3.40. The molecule has 14 heavy (non-hydrogen) atoms. The summed E-state index contributed by atoms with van der Waals surface area (Å²) in [5.74, 6) is -1.54. The van der Waals surface area contributed by atoms with Crippen molar-refractivity contribution < 1.29 is 13.6 Å². The number of halogens is 2. The molecule has 1 aromatic carbocycles. The van der Waals surface area contributed by atoms with E-state index in [-0.39, 0.29) is 17.0 Å². The molecule has 1 heterocycles. The molecule has 1 aromatic heterocycles. The van der Waals surface area contributed by atoms with Crippen LogP contribution in [0.4, 0.5) is 8.78 Å². The summed E-state index contributed by atoms with van der Waals surface area (Å²) in [7, 11) is 0. The highest BCUT2D eigenvalue weighted by Gasteiger charge is 2.09. The number of aromatic nitrogens is 1. The molecule has 0 radical (unpaired) electrons. The molecule has 0 saturated heterocycles. The quantitative estimate of drug-likeness (QED) is 0.697. The number of H-pyrrole nitrogens is 1. The smallest absolute Gasteiger partial charge is 0.175 e. The van der Waals surface area contributed by atoms with Crippen LogP contribution in [0.3, 0.4) is 0 Å². The van der Waals surface area contributed by atoms with E-state index >= 15 is 0 Å². The lowest BCUT2D eigenvalue weighted by molar-refractivity contribution is 0.101. The van der Waals surface area contributed by atoms with Crippen molar-refractivity contribution in [3.8, 4) is 0 Å². The maximum absolute atomic E-state index is 13.1. The Morgan fingerprint density at radius 3 is 2.64 bits per heavy atom. The van der Waals surface area contributed by atoms with E-state index in [2.05, 4.69) is 4.98 Å². The predicted molar refractivity (Wildman–Crippen MR) is 48.2 cm³/mol. The second-order valence-electron chi connectivity index (χ2n) is 3.09. The van der Waals surface area contributed by atoms with Gasteiger partial charge in [0.25, 0.3) is 0 Å². The number of fused-ring (bicyclic) bond motifs is 1. The SMILES string of the molecule is CC(=O)c1cc2cc(F)cc(F)c2[nH]1. The molecule has 0 bridgehead atoms. The number of benzene rings is 1. The van der Waals surface area contributed by atoms with Crippen molar-refractivity contribution in [3.05, 3.63) is 35.5 Å². The number of rotatable bonds is 1. The number of carbonyl (C=O) groups excluding carboxylic acids is 1. The van der Waals surface area contributed by atoms with Crippen LogP contribution >= 0.6 is 0 Å². The van der Waals surface area contributed by atoms with Crippen LogP contribution in [0.25, 0.3) is 10.9 Å². The Hall–Kier alpha value is -1.71. The largest absolute Gasteiger partial charge is 0.350 e. The predicted octanol–water partition coefficient (Wildman–Crippen LogP) is 2.65. The molecule has 0 spiro atoms. The maximum Gasteiger partial charge on any atom is 0.175 e. The standard InChI is InChI=1S/C10H7F2NO/c1-5(14)9-3-6-2-7(11)4-8(12)10(6)13-9/h2-4,13H,1H3. The number of nitrogens with one attached hydrogen (secondary N) is 1. The van der Waals surface area contributed by atoms with Crippen molar-refractivity contribution in [1.29, 1.82) is 0 Å². The van der Waals surface area contributed by atoms with Gasteiger partial charge < -0.3 is 4.98 Å². The second kappa shape index (κ2) is 2.90. The van der Waals surface area contributed by atoms with Gasteiger partial charge in [-0.2, -0.15) is 0 Å². The van der Waals surface area contributed by atoms with Gasteiger partial charge in [0, 0.05) is 18.4 Å². The minimum absolute atomic E-state index is 0.164. The van der Waals surface area contributed by atoms with E-state index in [1.165, 1.54) is 19.1 Å². The Morgan fingerprint density at radius 1 is 1.29 bits per heavy atom. The highest BCUT2D eigenvalue weighted by molar-refractivity contribution is 5.98. The van der Waals surface area contributed by atoms with Gasteiger partial charge in [-0.25, -0.2) is 8.78 Å². The molecule has 0 amide bonds. The molecule has 0 unspecified atom stereocenters. The first-order chi connectivity index (χ1) is 6.58. The molecule has 2 rings (SSSR count). The zero-order valence-corrected chi connectivity index (χ0v) is 7.40. The Labute approximate surface area is 78.5 Å². The lowest BCUT2D eigenvalue weighted by Gasteiger charge is -1.92. The number of aromatic amines is 1. The van der Waals surface area contributed by atoms with Gasteiger partial charge in [-0.3, -0.25) is 4.79 Å². The monoisotopic (exact) mass is 195 g/mol. The fraction of sp³-hybridized carbons (Fsp3) is 0.100. The first-order valence-corrected chi connectivity index (χ1v) is 4.06. The van der Waals surface area contributed by atoms with Crippen LogP contribution in [0.15, 0.2) is 18.2 Å². The molecule has 1 N–H and O–H groups in total. The van der Waals surface area contributed by atoms with Crippen molar-refractivity contribution in [2.45, 2.75) is 6.92 Å². The molecule has 0 fully saturated rings. The number of carbonyl (C=O) groups is 1. The summed E-state index contributed by atoms with van der Waals surface area (Å²) in [6.45, 7) is 1.36. The molecular formula is C10H7F2NO. The normalized spacial score (nSPS) is 10.8. The molecule has 0 aliphatic carbocycles. The van der Waals surface area contributed by atoms with Gasteiger partial charge in [-0.05, 0) is 12.1 Å². The van der Waals surface area contributed by atoms with Gasteiger partial charge in [0.15, 0.2) is 5.78 Å². The lowest BCUT2D eigenvalue weighted by Crippen LogP contribution is -1.90. The first-order valence-electron chi connectivity index (χ1n) is 4.06. The van der Waals surface area contributed by atoms with Gasteiger partial charge in [0.1, 0.15) is 11.6 Å². The fourth-order valence-corrected chi connectivity index (χ4v) is 1.36. The topological polar surface area (TPSA) is 32.9 Å². The zero-order valence-electron chi connectivity index (χ0n) is 7.40. The second-order valence-corrected chi connectivity index (χ2v) is 3.09. The van der Waals surface area contributed by atoms with Crippen molar-refractivity contribution >= 4 is 16.7 Å². The van der Waals surface area contributed by atoms with Gasteiger partial charge in [0.2, 0.25) is 0 Å². The van der Waals surface area contributed by atoms with Gasteiger partial charge in [-0.15, -0.1) is 0 Å². The van der Waals surface area contributed by atoms with Crippen molar-refractivity contribution in [1.82, 2.24) is 4.98 Å². The molecule has 2 aromatic rings. The molecule has 0 saturated carbocycles. The van der Waals surface area contributed by atoms with Crippen LogP contribution in [0.5, 0.6) is 0 Å². The summed E-state index contributed by atoms with van der Waals surface area (Å²) in [5, 5.41) is 0.368.